The van der Waals surface area contributed by atoms with Crippen molar-refractivity contribution in [2.24, 2.45) is 11.8 Å². The molecular formula is C31H39FN2O4. The lowest BCUT2D eigenvalue weighted by Crippen LogP contribution is -2.41. The highest BCUT2D eigenvalue weighted by atomic mass is 19.1. The van der Waals surface area contributed by atoms with Crippen LogP contribution in [-0.2, 0) is 11.2 Å². The molecule has 2 heterocycles. The van der Waals surface area contributed by atoms with Crippen LogP contribution in [0.25, 0.3) is 10.9 Å². The number of aryl methyl sites for hydroxylation is 1. The van der Waals surface area contributed by atoms with E-state index in [-0.39, 0.29) is 18.2 Å². The van der Waals surface area contributed by atoms with Crippen molar-refractivity contribution in [3.8, 4) is 5.75 Å². The molecule has 0 spiro atoms. The first kappa shape index (κ1) is 28.0. The van der Waals surface area contributed by atoms with E-state index in [0.717, 1.165) is 79.5 Å². The molecule has 1 fully saturated rings. The summed E-state index contributed by atoms with van der Waals surface area (Å²) in [5.74, 6) is 0.495. The minimum Gasteiger partial charge on any atom is -0.497 e. The van der Waals surface area contributed by atoms with Crippen LogP contribution in [0.15, 0.2) is 54.7 Å². The second-order valence-corrected chi connectivity index (χ2v) is 10.5. The standard InChI is InChI=1S/C31H39FN2O4/c1-38-25-11-12-29-27(20-25)26(15-17-33-29)30(35)13-9-22-16-19-34(21-24(22)10-14-31(36)37)18-5-4-7-23-6-2-3-8-28(23)32/h2-3,6,8,11-12,15,17,20,22,24,30,35H,4-5,7,9-10,13-14,16,18-19,21H2,1H3,(H,36,37)/t22-,24+,30?/m1/s1. The molecule has 1 unspecified atom stereocenters. The molecule has 38 heavy (non-hydrogen) atoms. The number of unbranched alkanes of at least 4 members (excludes halogenated alkanes) is 1. The zero-order valence-electron chi connectivity index (χ0n) is 22.2. The molecule has 7 heteroatoms. The lowest BCUT2D eigenvalue weighted by atomic mass is 9.79. The molecular weight excluding hydrogens is 483 g/mol. The normalized spacial score (nSPS) is 18.9. The largest absolute Gasteiger partial charge is 0.497 e. The van der Waals surface area contributed by atoms with Crippen LogP contribution in [0.4, 0.5) is 4.39 Å². The van der Waals surface area contributed by atoms with Gasteiger partial charge in [-0.05, 0) is 111 Å². The van der Waals surface area contributed by atoms with Crippen molar-refractivity contribution >= 4 is 16.9 Å². The van der Waals surface area contributed by atoms with Gasteiger partial charge in [0.1, 0.15) is 11.6 Å². The number of nitrogens with zero attached hydrogens (tertiary/aromatic N) is 2. The highest BCUT2D eigenvalue weighted by molar-refractivity contribution is 5.83. The lowest BCUT2D eigenvalue weighted by molar-refractivity contribution is -0.137. The molecule has 0 bridgehead atoms. The van der Waals surface area contributed by atoms with E-state index in [4.69, 9.17) is 4.74 Å². The third kappa shape index (κ3) is 7.51. The molecule has 6 nitrogen and oxygen atoms in total. The van der Waals surface area contributed by atoms with Gasteiger partial charge in [-0.3, -0.25) is 9.78 Å². The second-order valence-electron chi connectivity index (χ2n) is 10.5. The lowest BCUT2D eigenvalue weighted by Gasteiger charge is -2.39. The summed E-state index contributed by atoms with van der Waals surface area (Å²) in [6.45, 7) is 2.79. The number of pyridine rings is 1. The van der Waals surface area contributed by atoms with E-state index in [1.165, 1.54) is 6.07 Å². The highest BCUT2D eigenvalue weighted by Crippen LogP contribution is 2.35. The number of likely N-dealkylation sites (tertiary alicyclic amines) is 1. The fraction of sp³-hybridized carbons (Fsp3) is 0.484. The number of benzene rings is 2. The predicted molar refractivity (Wildman–Crippen MR) is 147 cm³/mol. The summed E-state index contributed by atoms with van der Waals surface area (Å²) in [4.78, 5) is 18.2. The Balaban J connectivity index is 1.32. The molecule has 0 saturated carbocycles. The molecule has 0 amide bonds. The number of ether oxygens (including phenoxy) is 1. The van der Waals surface area contributed by atoms with Gasteiger partial charge in [0.25, 0.3) is 0 Å². The van der Waals surface area contributed by atoms with E-state index in [9.17, 15) is 19.4 Å². The molecule has 1 aromatic heterocycles. The Hall–Kier alpha value is -3.03. The van der Waals surface area contributed by atoms with Crippen LogP contribution in [0.2, 0.25) is 0 Å². The van der Waals surface area contributed by atoms with Gasteiger partial charge >= 0.3 is 5.97 Å². The maximum absolute atomic E-state index is 13.9. The summed E-state index contributed by atoms with van der Waals surface area (Å²) in [6.07, 6.45) is 7.04. The number of piperidine rings is 1. The number of rotatable bonds is 13. The number of aliphatic hydroxyl groups excluding tert-OH is 1. The Morgan fingerprint density at radius 3 is 2.79 bits per heavy atom. The number of aliphatic hydroxyl groups is 1. The van der Waals surface area contributed by atoms with Crippen LogP contribution in [0.5, 0.6) is 5.75 Å². The van der Waals surface area contributed by atoms with Gasteiger partial charge in [0.15, 0.2) is 0 Å². The molecule has 1 aliphatic rings. The number of methoxy groups -OCH3 is 1. The molecule has 2 aromatic carbocycles. The molecule has 1 aliphatic heterocycles. The van der Waals surface area contributed by atoms with Gasteiger partial charge in [-0.25, -0.2) is 4.39 Å². The Morgan fingerprint density at radius 1 is 1.16 bits per heavy atom. The summed E-state index contributed by atoms with van der Waals surface area (Å²) in [5.41, 5.74) is 2.44. The van der Waals surface area contributed by atoms with Gasteiger partial charge in [0.2, 0.25) is 0 Å². The van der Waals surface area contributed by atoms with Crippen LogP contribution < -0.4 is 4.74 Å². The minimum absolute atomic E-state index is 0.136. The monoisotopic (exact) mass is 522 g/mol. The highest BCUT2D eigenvalue weighted by Gasteiger charge is 2.30. The third-order valence-corrected chi connectivity index (χ3v) is 7.99. The Labute approximate surface area is 224 Å². The molecule has 2 N–H and O–H groups in total. The maximum atomic E-state index is 13.9. The zero-order valence-corrected chi connectivity index (χ0v) is 22.2. The Kier molecular flexibility index (Phi) is 10.1. The fourth-order valence-electron chi connectivity index (χ4n) is 5.82. The van der Waals surface area contributed by atoms with Crippen molar-refractivity contribution in [2.75, 3.05) is 26.7 Å². The van der Waals surface area contributed by atoms with Crippen molar-refractivity contribution in [1.82, 2.24) is 9.88 Å². The van der Waals surface area contributed by atoms with E-state index < -0.39 is 12.1 Å². The molecule has 3 aromatic rings. The average Bonchev–Trinajstić information content (AvgIpc) is 2.93. The average molecular weight is 523 g/mol. The summed E-state index contributed by atoms with van der Waals surface area (Å²) in [7, 11) is 1.63. The quantitative estimate of drug-likeness (QED) is 0.267. The van der Waals surface area contributed by atoms with Crippen LogP contribution in [0, 0.1) is 17.7 Å². The molecule has 204 valence electrons. The second kappa shape index (κ2) is 13.7. The van der Waals surface area contributed by atoms with Gasteiger partial charge in [-0.1, -0.05) is 18.2 Å². The molecule has 0 radical (unpaired) electrons. The van der Waals surface area contributed by atoms with Gasteiger partial charge in [-0.2, -0.15) is 0 Å². The SMILES string of the molecule is COc1ccc2nccc(C(O)CC[C@@H]3CCN(CCCCc4ccccc4F)C[C@@H]3CCC(=O)O)c2c1. The van der Waals surface area contributed by atoms with Crippen LogP contribution >= 0.6 is 0 Å². The third-order valence-electron chi connectivity index (χ3n) is 7.99. The first-order chi connectivity index (χ1) is 18.4. The topological polar surface area (TPSA) is 82.9 Å². The van der Waals surface area contributed by atoms with Crippen molar-refractivity contribution in [2.45, 2.75) is 57.5 Å². The first-order valence-corrected chi connectivity index (χ1v) is 13.7. The summed E-state index contributed by atoms with van der Waals surface area (Å²) >= 11 is 0. The van der Waals surface area contributed by atoms with Crippen LogP contribution in [0.1, 0.15) is 62.2 Å². The van der Waals surface area contributed by atoms with Crippen molar-refractivity contribution < 1.29 is 24.1 Å². The van der Waals surface area contributed by atoms with Crippen molar-refractivity contribution in [3.63, 3.8) is 0 Å². The van der Waals surface area contributed by atoms with Gasteiger partial charge in [-0.15, -0.1) is 0 Å². The first-order valence-electron chi connectivity index (χ1n) is 13.7. The van der Waals surface area contributed by atoms with Gasteiger partial charge in [0, 0.05) is 24.5 Å². The van der Waals surface area contributed by atoms with E-state index >= 15 is 0 Å². The van der Waals surface area contributed by atoms with Gasteiger partial charge in [0.05, 0.1) is 18.7 Å². The number of hydrogen-bond donors (Lipinski definition) is 2. The fourth-order valence-corrected chi connectivity index (χ4v) is 5.82. The van der Waals surface area contributed by atoms with E-state index in [2.05, 4.69) is 9.88 Å². The van der Waals surface area contributed by atoms with E-state index in [1.807, 2.05) is 36.4 Å². The maximum Gasteiger partial charge on any atom is 0.303 e. The van der Waals surface area contributed by atoms with Crippen LogP contribution in [-0.4, -0.2) is 52.8 Å². The summed E-state index contributed by atoms with van der Waals surface area (Å²) in [6, 6.07) is 14.5. The molecule has 0 aliphatic carbocycles. The number of aliphatic carboxylic acids is 1. The minimum atomic E-state index is -0.761. The van der Waals surface area contributed by atoms with E-state index in [0.29, 0.717) is 18.8 Å². The number of hydrogen-bond acceptors (Lipinski definition) is 5. The molecule has 3 atom stereocenters. The zero-order chi connectivity index (χ0) is 26.9. The number of halogens is 1. The summed E-state index contributed by atoms with van der Waals surface area (Å²) in [5, 5.41) is 21.3. The van der Waals surface area contributed by atoms with Gasteiger partial charge < -0.3 is 19.8 Å². The molecule has 1 saturated heterocycles. The molecule has 4 rings (SSSR count). The predicted octanol–water partition coefficient (Wildman–Crippen LogP) is 6.02. The Bertz CT molecular complexity index is 1200. The number of aromatic nitrogens is 1. The smallest absolute Gasteiger partial charge is 0.303 e. The van der Waals surface area contributed by atoms with Crippen LogP contribution in [0.3, 0.4) is 0 Å². The number of carboxylic acids is 1. The van der Waals surface area contributed by atoms with Crippen molar-refractivity contribution in [3.05, 3.63) is 71.7 Å². The van der Waals surface area contributed by atoms with Crippen molar-refractivity contribution in [1.29, 1.82) is 0 Å². The number of fused-ring (bicyclic) bond motifs is 1. The summed E-state index contributed by atoms with van der Waals surface area (Å²) < 4.78 is 19.2. The Morgan fingerprint density at radius 2 is 2.00 bits per heavy atom. The number of carboxylic acid groups (broad SMARTS) is 1. The van der Waals surface area contributed by atoms with E-state index in [1.54, 1.807) is 19.4 Å². The number of carbonyl (C=O) groups is 1.